The van der Waals surface area contributed by atoms with E-state index in [0.717, 1.165) is 0 Å². The number of esters is 1. The number of carboxylic acid groups (broad SMARTS) is 1. The number of nitrogens with two attached hydrogens (primary N) is 1. The molecule has 0 aromatic carbocycles. The number of carbonyl (C=O) groups is 2. The van der Waals surface area contributed by atoms with Crippen molar-refractivity contribution in [2.75, 3.05) is 6.54 Å². The zero-order chi connectivity index (χ0) is 15.8. The number of thiophene rings is 1. The summed E-state index contributed by atoms with van der Waals surface area (Å²) in [7, 11) is 0. The standard InChI is InChI=1S/C14H20N2O4S/c1-14(2,3)20-13(19)8-7-16(11(8)15)10(12(17)18)9-5-4-6-21-9/h4-6,8,10-11H,7,15H2,1-3H3,(H,17,18). The van der Waals surface area contributed by atoms with Crippen molar-refractivity contribution in [1.29, 1.82) is 0 Å². The highest BCUT2D eigenvalue weighted by Crippen LogP contribution is 2.35. The summed E-state index contributed by atoms with van der Waals surface area (Å²) in [4.78, 5) is 25.8. The fraction of sp³-hybridized carbons (Fsp3) is 0.571. The summed E-state index contributed by atoms with van der Waals surface area (Å²) in [5.74, 6) is -1.82. The molecule has 116 valence electrons. The van der Waals surface area contributed by atoms with Gasteiger partial charge in [-0.15, -0.1) is 11.3 Å². The molecule has 21 heavy (non-hydrogen) atoms. The third-order valence-corrected chi connectivity index (χ3v) is 4.22. The number of nitrogens with zero attached hydrogens (tertiary/aromatic N) is 1. The maximum Gasteiger partial charge on any atom is 0.326 e. The zero-order valence-electron chi connectivity index (χ0n) is 12.3. The van der Waals surface area contributed by atoms with Gasteiger partial charge >= 0.3 is 11.9 Å². The third-order valence-electron chi connectivity index (χ3n) is 3.29. The average Bonchev–Trinajstić information content (AvgIpc) is 2.83. The lowest BCUT2D eigenvalue weighted by atomic mass is 9.92. The summed E-state index contributed by atoms with van der Waals surface area (Å²) >= 11 is 1.36. The Morgan fingerprint density at radius 1 is 1.52 bits per heavy atom. The SMILES string of the molecule is CC(C)(C)OC(=O)C1CN(C(C(=O)O)c2cccs2)C1N. The number of likely N-dealkylation sites (tertiary alicyclic amines) is 1. The topological polar surface area (TPSA) is 92.9 Å². The average molecular weight is 312 g/mol. The number of hydrogen-bond acceptors (Lipinski definition) is 6. The molecule has 6 nitrogen and oxygen atoms in total. The van der Waals surface area contributed by atoms with E-state index in [4.69, 9.17) is 10.5 Å². The summed E-state index contributed by atoms with van der Waals surface area (Å²) in [5.41, 5.74) is 5.43. The molecule has 1 aromatic heterocycles. The van der Waals surface area contributed by atoms with E-state index in [0.29, 0.717) is 11.4 Å². The van der Waals surface area contributed by atoms with Crippen LogP contribution >= 0.6 is 11.3 Å². The van der Waals surface area contributed by atoms with E-state index in [9.17, 15) is 14.7 Å². The Balaban J connectivity index is 2.05. The minimum atomic E-state index is -0.962. The highest BCUT2D eigenvalue weighted by Gasteiger charge is 2.48. The first-order valence-electron chi connectivity index (χ1n) is 6.71. The lowest BCUT2D eigenvalue weighted by Crippen LogP contribution is -2.66. The van der Waals surface area contributed by atoms with Gasteiger partial charge in [-0.1, -0.05) is 6.07 Å². The predicted molar refractivity (Wildman–Crippen MR) is 78.7 cm³/mol. The first-order valence-corrected chi connectivity index (χ1v) is 7.59. The number of hydrogen-bond donors (Lipinski definition) is 2. The highest BCUT2D eigenvalue weighted by atomic mass is 32.1. The summed E-state index contributed by atoms with van der Waals surface area (Å²) in [6.45, 7) is 5.67. The van der Waals surface area contributed by atoms with Gasteiger partial charge in [0.15, 0.2) is 0 Å². The second-order valence-electron chi connectivity index (χ2n) is 6.08. The second-order valence-corrected chi connectivity index (χ2v) is 7.06. The first-order chi connectivity index (χ1) is 9.70. The van der Waals surface area contributed by atoms with Crippen LogP contribution in [0.25, 0.3) is 0 Å². The molecular weight excluding hydrogens is 292 g/mol. The molecule has 0 aliphatic carbocycles. The molecule has 1 fully saturated rings. The van der Waals surface area contributed by atoms with Crippen molar-refractivity contribution in [3.05, 3.63) is 22.4 Å². The molecule has 0 radical (unpaired) electrons. The lowest BCUT2D eigenvalue weighted by molar-refractivity contribution is -0.176. The van der Waals surface area contributed by atoms with Gasteiger partial charge in [-0.2, -0.15) is 0 Å². The molecule has 1 aliphatic heterocycles. The van der Waals surface area contributed by atoms with E-state index >= 15 is 0 Å². The fourth-order valence-electron chi connectivity index (χ4n) is 2.29. The Kier molecular flexibility index (Phi) is 4.36. The molecule has 0 saturated carbocycles. The van der Waals surface area contributed by atoms with Crippen LogP contribution < -0.4 is 5.73 Å². The molecular formula is C14H20N2O4S. The third kappa shape index (κ3) is 3.42. The Bertz CT molecular complexity index is 524. The molecule has 0 spiro atoms. The van der Waals surface area contributed by atoms with E-state index in [1.807, 2.05) is 5.38 Å². The molecule has 0 bridgehead atoms. The molecule has 0 amide bonds. The lowest BCUT2D eigenvalue weighted by Gasteiger charge is -2.47. The Labute approximate surface area is 127 Å². The summed E-state index contributed by atoms with van der Waals surface area (Å²) in [5, 5.41) is 11.2. The van der Waals surface area contributed by atoms with Crippen LogP contribution in [0.5, 0.6) is 0 Å². The van der Waals surface area contributed by atoms with Gasteiger partial charge in [0.05, 0.1) is 12.1 Å². The van der Waals surface area contributed by atoms with Crippen molar-refractivity contribution in [1.82, 2.24) is 4.90 Å². The van der Waals surface area contributed by atoms with Crippen molar-refractivity contribution in [2.45, 2.75) is 38.6 Å². The van der Waals surface area contributed by atoms with Gasteiger partial charge in [-0.3, -0.25) is 14.5 Å². The number of carbonyl (C=O) groups excluding carboxylic acids is 1. The van der Waals surface area contributed by atoms with Crippen LogP contribution in [0.1, 0.15) is 31.7 Å². The zero-order valence-corrected chi connectivity index (χ0v) is 13.1. The van der Waals surface area contributed by atoms with Crippen molar-refractivity contribution >= 4 is 23.3 Å². The molecule has 3 atom stereocenters. The van der Waals surface area contributed by atoms with E-state index in [1.165, 1.54) is 11.3 Å². The molecule has 1 aromatic rings. The minimum Gasteiger partial charge on any atom is -0.480 e. The molecule has 2 rings (SSSR count). The maximum atomic E-state index is 12.0. The molecule has 3 unspecified atom stereocenters. The van der Waals surface area contributed by atoms with Gasteiger partial charge < -0.3 is 15.6 Å². The van der Waals surface area contributed by atoms with Crippen molar-refractivity contribution in [3.63, 3.8) is 0 Å². The monoisotopic (exact) mass is 312 g/mol. The summed E-state index contributed by atoms with van der Waals surface area (Å²) in [6.07, 6.45) is -0.636. The highest BCUT2D eigenvalue weighted by molar-refractivity contribution is 7.10. The second kappa shape index (κ2) is 5.75. The van der Waals surface area contributed by atoms with Gasteiger partial charge in [-0.05, 0) is 32.2 Å². The van der Waals surface area contributed by atoms with E-state index < -0.39 is 29.7 Å². The number of ether oxygens (including phenoxy) is 1. The van der Waals surface area contributed by atoms with Crippen LogP contribution in [-0.4, -0.2) is 40.3 Å². The maximum absolute atomic E-state index is 12.0. The smallest absolute Gasteiger partial charge is 0.326 e. The van der Waals surface area contributed by atoms with Gasteiger partial charge in [-0.25, -0.2) is 0 Å². The number of carboxylic acids is 1. The van der Waals surface area contributed by atoms with Gasteiger partial charge in [0.25, 0.3) is 0 Å². The molecule has 3 N–H and O–H groups in total. The van der Waals surface area contributed by atoms with E-state index in [-0.39, 0.29) is 5.97 Å². The van der Waals surface area contributed by atoms with Crippen LogP contribution in [0.4, 0.5) is 0 Å². The van der Waals surface area contributed by atoms with Crippen LogP contribution in [-0.2, 0) is 14.3 Å². The molecule has 1 saturated heterocycles. The van der Waals surface area contributed by atoms with Crippen molar-refractivity contribution in [2.24, 2.45) is 11.7 Å². The van der Waals surface area contributed by atoms with Crippen LogP contribution in [0.2, 0.25) is 0 Å². The molecule has 2 heterocycles. The van der Waals surface area contributed by atoms with E-state index in [2.05, 4.69) is 0 Å². The van der Waals surface area contributed by atoms with Crippen LogP contribution in [0, 0.1) is 5.92 Å². The van der Waals surface area contributed by atoms with Crippen molar-refractivity contribution < 1.29 is 19.4 Å². The Morgan fingerprint density at radius 2 is 2.19 bits per heavy atom. The largest absolute Gasteiger partial charge is 0.480 e. The van der Waals surface area contributed by atoms with Crippen LogP contribution in [0.3, 0.4) is 0 Å². The predicted octanol–water partition coefficient (Wildman–Crippen LogP) is 1.43. The quantitative estimate of drug-likeness (QED) is 0.817. The fourth-order valence-corrected chi connectivity index (χ4v) is 3.13. The normalized spacial score (nSPS) is 24.2. The van der Waals surface area contributed by atoms with Crippen molar-refractivity contribution in [3.8, 4) is 0 Å². The minimum absolute atomic E-state index is 0.297. The Morgan fingerprint density at radius 3 is 2.62 bits per heavy atom. The first kappa shape index (κ1) is 15.9. The van der Waals surface area contributed by atoms with Gasteiger partial charge in [0, 0.05) is 11.4 Å². The molecule has 7 heteroatoms. The number of aliphatic carboxylic acids is 1. The van der Waals surface area contributed by atoms with E-state index in [1.54, 1.807) is 37.8 Å². The van der Waals surface area contributed by atoms with Gasteiger partial charge in [0.1, 0.15) is 11.6 Å². The number of rotatable bonds is 4. The Hall–Kier alpha value is -1.44. The summed E-state index contributed by atoms with van der Waals surface area (Å²) < 4.78 is 5.30. The summed E-state index contributed by atoms with van der Waals surface area (Å²) in [6, 6.07) is 2.75. The molecule has 1 aliphatic rings. The van der Waals surface area contributed by atoms with Gasteiger partial charge in [0.2, 0.25) is 0 Å². The van der Waals surface area contributed by atoms with Crippen LogP contribution in [0.15, 0.2) is 17.5 Å².